The van der Waals surface area contributed by atoms with E-state index < -0.39 is 17.4 Å². The van der Waals surface area contributed by atoms with Crippen LogP contribution < -0.4 is 0 Å². The molecule has 168 valence electrons. The van der Waals surface area contributed by atoms with E-state index in [-0.39, 0.29) is 0 Å². The van der Waals surface area contributed by atoms with E-state index in [4.69, 9.17) is 0 Å². The summed E-state index contributed by atoms with van der Waals surface area (Å²) in [5, 5.41) is 0. The van der Waals surface area contributed by atoms with Gasteiger partial charge in [0.25, 0.3) is 0 Å². The van der Waals surface area contributed by atoms with E-state index in [0.29, 0.717) is 9.54 Å². The zero-order valence-corrected chi connectivity index (χ0v) is 25.7. The SMILES string of the molecule is CC1=C(C)C(C)[C]([Zr]([CH3])([CH3])(=[SiH2])[CH]2C=C(c3cc(C)c(C)c(C)c3C)c3ccccc32)=C1C. The topological polar surface area (TPSA) is 0 Å². The zero-order chi connectivity index (χ0) is 23.8. The zero-order valence-electron chi connectivity index (χ0n) is 21.8. The third kappa shape index (κ3) is 3.32. The third-order valence-corrected chi connectivity index (χ3v) is 26.5. The molecule has 2 atom stereocenters. The Morgan fingerprint density at radius 2 is 1.41 bits per heavy atom. The van der Waals surface area contributed by atoms with Gasteiger partial charge in [0.15, 0.2) is 0 Å². The first-order valence-corrected chi connectivity index (χ1v) is 25.6. The Labute approximate surface area is 198 Å². The summed E-state index contributed by atoms with van der Waals surface area (Å²) in [5.41, 5.74) is 16.4. The van der Waals surface area contributed by atoms with Crippen molar-refractivity contribution in [3.63, 3.8) is 0 Å². The third-order valence-electron chi connectivity index (χ3n) is 9.21. The predicted molar refractivity (Wildman–Crippen MR) is 142 cm³/mol. The van der Waals surface area contributed by atoms with Crippen molar-refractivity contribution in [2.45, 2.75) is 68.3 Å². The van der Waals surface area contributed by atoms with Gasteiger partial charge >= 0.3 is 199 Å². The van der Waals surface area contributed by atoms with E-state index >= 15 is 0 Å². The molecule has 0 heterocycles. The van der Waals surface area contributed by atoms with Gasteiger partial charge in [-0.15, -0.1) is 0 Å². The number of benzene rings is 2. The van der Waals surface area contributed by atoms with E-state index in [1.54, 1.807) is 22.3 Å². The average Bonchev–Trinajstić information content (AvgIpc) is 3.22. The van der Waals surface area contributed by atoms with Crippen molar-refractivity contribution in [2.75, 3.05) is 0 Å². The summed E-state index contributed by atoms with van der Waals surface area (Å²) in [6, 6.07) is 11.7. The molecule has 0 radical (unpaired) electrons. The molecule has 4 rings (SSSR count). The molecule has 0 N–H and O–H groups in total. The normalized spacial score (nSPS) is 21.4. The molecule has 0 amide bonds. The maximum absolute atomic E-state index is 3.36. The summed E-state index contributed by atoms with van der Waals surface area (Å²) in [5.74, 6) is 0.586. The van der Waals surface area contributed by atoms with Crippen LogP contribution in [-0.2, 0) is 17.4 Å². The van der Waals surface area contributed by atoms with Crippen molar-refractivity contribution in [3.05, 3.63) is 95.4 Å². The van der Waals surface area contributed by atoms with E-state index in [1.165, 1.54) is 39.0 Å². The molecule has 2 aromatic rings. The Bertz CT molecular complexity index is 1320. The van der Waals surface area contributed by atoms with Crippen LogP contribution in [-0.4, -0.2) is 6.88 Å². The van der Waals surface area contributed by atoms with Crippen LogP contribution in [0.15, 0.2) is 56.4 Å². The first-order valence-electron chi connectivity index (χ1n) is 12.1. The Morgan fingerprint density at radius 1 is 0.781 bits per heavy atom. The van der Waals surface area contributed by atoms with Crippen LogP contribution in [0.2, 0.25) is 9.26 Å². The van der Waals surface area contributed by atoms with Crippen LogP contribution in [0, 0.1) is 33.6 Å². The van der Waals surface area contributed by atoms with Gasteiger partial charge in [-0.25, -0.2) is 0 Å². The van der Waals surface area contributed by atoms with Crippen molar-refractivity contribution in [3.8, 4) is 0 Å². The van der Waals surface area contributed by atoms with Crippen LogP contribution in [0.1, 0.15) is 70.3 Å². The van der Waals surface area contributed by atoms with Crippen molar-refractivity contribution in [1.29, 1.82) is 0 Å². The summed E-state index contributed by atoms with van der Waals surface area (Å²) in [6.07, 6.45) is 2.69. The number of hydrogen-bond acceptors (Lipinski definition) is 0. The summed E-state index contributed by atoms with van der Waals surface area (Å²) in [4.78, 5) is 0. The molecular weight excluding hydrogens is 480 g/mol. The molecule has 2 aromatic carbocycles. The second-order valence-corrected chi connectivity index (χ2v) is 41.2. The number of rotatable bonds is 3. The van der Waals surface area contributed by atoms with Crippen LogP contribution in [0.25, 0.3) is 5.57 Å². The number of fused-ring (bicyclic) bond motifs is 1. The molecule has 2 aliphatic carbocycles. The van der Waals surface area contributed by atoms with E-state index in [0.717, 1.165) is 0 Å². The fourth-order valence-electron chi connectivity index (χ4n) is 6.71. The van der Waals surface area contributed by atoms with Gasteiger partial charge in [0, 0.05) is 0 Å². The van der Waals surface area contributed by atoms with Crippen molar-refractivity contribution in [2.24, 2.45) is 5.92 Å². The minimum atomic E-state index is -3.36. The van der Waals surface area contributed by atoms with Crippen LogP contribution in [0.4, 0.5) is 0 Å². The predicted octanol–water partition coefficient (Wildman–Crippen LogP) is 8.00. The number of aryl methyl sites for hydroxylation is 1. The Balaban J connectivity index is 1.99. The molecule has 0 fully saturated rings. The van der Waals surface area contributed by atoms with Crippen molar-refractivity contribution < 1.29 is 17.4 Å². The molecule has 2 heteroatoms. The standard InChI is InChI=1S/C19H19.C9H13.2CH3.H2Si.Zr/c1-12-11-19(15(4)14(3)13(12)2)18-10-9-16-7-5-6-8-17(16)18;1-6-5-7(2)9(4)8(6)3;;;;/h5-11H,1-4H3;6H,1-4H3;2*1H3;1H2;. The molecular formula is C30H40SiZr. The second kappa shape index (κ2) is 7.64. The van der Waals surface area contributed by atoms with Gasteiger partial charge in [0.1, 0.15) is 0 Å². The molecule has 0 saturated carbocycles. The van der Waals surface area contributed by atoms with Gasteiger partial charge < -0.3 is 0 Å². The number of allylic oxidation sites excluding steroid dienone is 5. The molecule has 0 nitrogen and oxygen atoms in total. The fourth-order valence-corrected chi connectivity index (χ4v) is 25.2. The molecule has 0 aliphatic heterocycles. The minimum absolute atomic E-state index is 0.549. The van der Waals surface area contributed by atoms with Crippen LogP contribution in [0.5, 0.6) is 0 Å². The summed E-state index contributed by atoms with van der Waals surface area (Å²) >= 11 is -3.36. The van der Waals surface area contributed by atoms with Gasteiger partial charge in [-0.1, -0.05) is 0 Å². The Morgan fingerprint density at radius 3 is 2.00 bits per heavy atom. The first kappa shape index (κ1) is 23.9. The molecule has 0 bridgehead atoms. The Kier molecular flexibility index (Phi) is 5.71. The molecule has 0 spiro atoms. The summed E-state index contributed by atoms with van der Waals surface area (Å²) in [6.45, 7) is 21.1. The number of hydrogen-bond donors (Lipinski definition) is 0. The molecule has 0 saturated heterocycles. The second-order valence-electron chi connectivity index (χ2n) is 11.6. The maximum atomic E-state index is 2.71. The molecule has 2 unspecified atom stereocenters. The fraction of sp³-hybridized carbons (Fsp3) is 0.400. The molecule has 2 aliphatic rings. The average molecular weight is 520 g/mol. The van der Waals surface area contributed by atoms with Gasteiger partial charge in [-0.3, -0.25) is 0 Å². The summed E-state index contributed by atoms with van der Waals surface area (Å²) < 4.78 is 7.79. The van der Waals surface area contributed by atoms with Crippen molar-refractivity contribution in [1.82, 2.24) is 0 Å². The van der Waals surface area contributed by atoms with E-state index in [9.17, 15) is 0 Å². The quantitative estimate of drug-likeness (QED) is 0.360. The van der Waals surface area contributed by atoms with Gasteiger partial charge in [-0.05, 0) is 0 Å². The van der Waals surface area contributed by atoms with Crippen LogP contribution >= 0.6 is 0 Å². The van der Waals surface area contributed by atoms with Gasteiger partial charge in [0.05, 0.1) is 0 Å². The van der Waals surface area contributed by atoms with Gasteiger partial charge in [0.2, 0.25) is 0 Å². The monoisotopic (exact) mass is 518 g/mol. The van der Waals surface area contributed by atoms with Gasteiger partial charge in [-0.2, -0.15) is 0 Å². The van der Waals surface area contributed by atoms with Crippen LogP contribution in [0.3, 0.4) is 0 Å². The van der Waals surface area contributed by atoms with E-state index in [1.807, 2.05) is 3.28 Å². The molecule has 32 heavy (non-hydrogen) atoms. The van der Waals surface area contributed by atoms with E-state index in [2.05, 4.69) is 108 Å². The molecule has 0 aromatic heterocycles. The first-order chi connectivity index (χ1) is 14.8. The summed E-state index contributed by atoms with van der Waals surface area (Å²) in [7, 11) is 0. The van der Waals surface area contributed by atoms with Crippen molar-refractivity contribution >= 4 is 12.5 Å². The Hall–Kier alpha value is -1.24.